The Hall–Kier alpha value is -2.80. The van der Waals surface area contributed by atoms with Crippen LogP contribution >= 0.6 is 0 Å². The molecule has 0 saturated carbocycles. The number of halogens is 1. The second-order valence-corrected chi connectivity index (χ2v) is 8.96. The second-order valence-electron chi connectivity index (χ2n) is 8.96. The number of carbonyl (C=O) groups excluding carboxylic acids is 1. The molecule has 32 heavy (non-hydrogen) atoms. The molecule has 1 aliphatic heterocycles. The molecule has 1 heterocycles. The van der Waals surface area contributed by atoms with Gasteiger partial charge in [0.15, 0.2) is 0 Å². The molecular weight excluding hydrogens is 413 g/mol. The van der Waals surface area contributed by atoms with Crippen molar-refractivity contribution in [3.8, 4) is 11.5 Å². The Bertz CT molecular complexity index is 863. The summed E-state index contributed by atoms with van der Waals surface area (Å²) in [6, 6.07) is 13.6. The third-order valence-corrected chi connectivity index (χ3v) is 5.18. The Morgan fingerprint density at radius 2 is 1.59 bits per heavy atom. The van der Waals surface area contributed by atoms with Crippen LogP contribution in [-0.4, -0.2) is 54.1 Å². The van der Waals surface area contributed by atoms with Gasteiger partial charge in [0.25, 0.3) is 0 Å². The molecule has 2 aromatic rings. The van der Waals surface area contributed by atoms with Gasteiger partial charge in [-0.25, -0.2) is 9.18 Å². The highest BCUT2D eigenvalue weighted by Gasteiger charge is 2.33. The number of aliphatic hydroxyl groups excluding tert-OH is 1. The van der Waals surface area contributed by atoms with Crippen LogP contribution < -0.4 is 9.47 Å². The number of nitrogens with zero attached hydrogens (tertiary/aromatic N) is 1. The first-order valence-corrected chi connectivity index (χ1v) is 11.0. The fourth-order valence-corrected chi connectivity index (χ4v) is 3.59. The number of aliphatic hydroxyl groups is 1. The van der Waals surface area contributed by atoms with E-state index in [1.807, 2.05) is 45.0 Å². The maximum atomic E-state index is 12.9. The third kappa shape index (κ3) is 7.12. The monoisotopic (exact) mass is 445 g/mol. The summed E-state index contributed by atoms with van der Waals surface area (Å²) < 4.78 is 29.6. The quantitative estimate of drug-likeness (QED) is 0.623. The molecule has 3 rings (SSSR count). The lowest BCUT2D eigenvalue weighted by Gasteiger charge is -2.36. The van der Waals surface area contributed by atoms with Crippen molar-refractivity contribution >= 4 is 6.09 Å². The van der Waals surface area contributed by atoms with E-state index in [1.165, 1.54) is 12.1 Å². The number of piperidine rings is 1. The average Bonchev–Trinajstić information content (AvgIpc) is 2.74. The number of β-amino-alcohol motifs (C(OH)–C–C–N with tert-alkyl or cyclic N) is 1. The smallest absolute Gasteiger partial charge is 0.410 e. The number of rotatable bonds is 7. The van der Waals surface area contributed by atoms with Gasteiger partial charge in [0.2, 0.25) is 0 Å². The Kier molecular flexibility index (Phi) is 7.96. The van der Waals surface area contributed by atoms with Crippen LogP contribution in [-0.2, 0) is 4.74 Å². The minimum Gasteiger partial charge on any atom is -0.493 e. The Balaban J connectivity index is 1.41. The van der Waals surface area contributed by atoms with Crippen LogP contribution in [0, 0.1) is 5.82 Å². The molecule has 1 aliphatic rings. The summed E-state index contributed by atoms with van der Waals surface area (Å²) in [7, 11) is 0. The van der Waals surface area contributed by atoms with E-state index >= 15 is 0 Å². The average molecular weight is 446 g/mol. The fraction of sp³-hybridized carbons (Fsp3) is 0.480. The zero-order valence-corrected chi connectivity index (χ0v) is 18.9. The lowest BCUT2D eigenvalue weighted by atomic mass is 9.87. The van der Waals surface area contributed by atoms with Crippen LogP contribution in [0.2, 0.25) is 0 Å². The molecule has 0 radical (unpaired) electrons. The number of ether oxygens (including phenoxy) is 3. The van der Waals surface area contributed by atoms with Crippen molar-refractivity contribution in [3.63, 3.8) is 0 Å². The second kappa shape index (κ2) is 10.7. The fourth-order valence-electron chi connectivity index (χ4n) is 3.59. The first-order chi connectivity index (χ1) is 15.2. The standard InChI is InChI=1S/C25H32FNO5/c1-25(2,3)32-24(29)27-14-13-22(23(28)17-27)18-5-9-20(10-6-18)30-15-4-16-31-21-11-7-19(26)8-12-21/h5-12,22-23,28H,4,13-17H2,1-3H3. The normalized spacial score (nSPS) is 18.8. The SMILES string of the molecule is CC(C)(C)OC(=O)N1CCC(c2ccc(OCCCOc3ccc(F)cc3)cc2)C(O)C1. The summed E-state index contributed by atoms with van der Waals surface area (Å²) in [6.07, 6.45) is 0.330. The molecule has 0 aliphatic carbocycles. The minimum atomic E-state index is -0.647. The minimum absolute atomic E-state index is 0.0353. The molecule has 1 fully saturated rings. The summed E-state index contributed by atoms with van der Waals surface area (Å²) in [4.78, 5) is 13.8. The molecule has 1 saturated heterocycles. The highest BCUT2D eigenvalue weighted by Crippen LogP contribution is 2.30. The predicted octanol–water partition coefficient (Wildman–Crippen LogP) is 4.76. The molecule has 7 heteroatoms. The van der Waals surface area contributed by atoms with Crippen molar-refractivity contribution in [3.05, 3.63) is 59.9 Å². The van der Waals surface area contributed by atoms with Crippen LogP contribution in [0.3, 0.4) is 0 Å². The number of carbonyl (C=O) groups is 1. The van der Waals surface area contributed by atoms with Gasteiger partial charge in [-0.2, -0.15) is 0 Å². The van der Waals surface area contributed by atoms with Gasteiger partial charge >= 0.3 is 6.09 Å². The molecular formula is C25H32FNO5. The zero-order chi connectivity index (χ0) is 23.1. The van der Waals surface area contributed by atoms with Crippen molar-refractivity contribution in [1.82, 2.24) is 4.90 Å². The van der Waals surface area contributed by atoms with E-state index in [0.29, 0.717) is 38.3 Å². The van der Waals surface area contributed by atoms with Gasteiger partial charge in [-0.3, -0.25) is 0 Å². The van der Waals surface area contributed by atoms with Gasteiger partial charge in [0.1, 0.15) is 22.9 Å². The van der Waals surface area contributed by atoms with E-state index < -0.39 is 11.7 Å². The number of hydrogen-bond donors (Lipinski definition) is 1. The van der Waals surface area contributed by atoms with Crippen LogP contribution in [0.1, 0.15) is 45.1 Å². The largest absolute Gasteiger partial charge is 0.493 e. The molecule has 1 amide bonds. The van der Waals surface area contributed by atoms with E-state index in [9.17, 15) is 14.3 Å². The molecule has 0 aromatic heterocycles. The van der Waals surface area contributed by atoms with Crippen molar-refractivity contribution in [2.24, 2.45) is 0 Å². The van der Waals surface area contributed by atoms with Gasteiger partial charge in [0, 0.05) is 18.9 Å². The highest BCUT2D eigenvalue weighted by molar-refractivity contribution is 5.68. The predicted molar refractivity (Wildman–Crippen MR) is 120 cm³/mol. The van der Waals surface area contributed by atoms with E-state index in [4.69, 9.17) is 14.2 Å². The molecule has 2 aromatic carbocycles. The van der Waals surface area contributed by atoms with Crippen molar-refractivity contribution in [2.75, 3.05) is 26.3 Å². The number of amides is 1. The van der Waals surface area contributed by atoms with Crippen LogP contribution in [0.4, 0.5) is 9.18 Å². The van der Waals surface area contributed by atoms with Crippen molar-refractivity contribution in [1.29, 1.82) is 0 Å². The molecule has 0 spiro atoms. The summed E-state index contributed by atoms with van der Waals surface area (Å²) >= 11 is 0. The lowest BCUT2D eigenvalue weighted by Crippen LogP contribution is -2.47. The zero-order valence-electron chi connectivity index (χ0n) is 18.9. The molecule has 174 valence electrons. The summed E-state index contributed by atoms with van der Waals surface area (Å²) in [5.41, 5.74) is 0.468. The van der Waals surface area contributed by atoms with Crippen molar-refractivity contribution < 1.29 is 28.5 Å². The Morgan fingerprint density at radius 1 is 1.03 bits per heavy atom. The van der Waals surface area contributed by atoms with Gasteiger partial charge in [-0.1, -0.05) is 12.1 Å². The van der Waals surface area contributed by atoms with E-state index in [1.54, 1.807) is 17.0 Å². The molecule has 0 bridgehead atoms. The summed E-state index contributed by atoms with van der Waals surface area (Å²) in [6.45, 7) is 7.27. The first-order valence-electron chi connectivity index (χ1n) is 11.0. The van der Waals surface area contributed by atoms with Crippen LogP contribution in [0.25, 0.3) is 0 Å². The van der Waals surface area contributed by atoms with Gasteiger partial charge in [-0.15, -0.1) is 0 Å². The molecule has 1 N–H and O–H groups in total. The molecule has 2 atom stereocenters. The number of hydrogen-bond acceptors (Lipinski definition) is 5. The molecule has 2 unspecified atom stereocenters. The first kappa shape index (κ1) is 23.9. The Labute approximate surface area is 188 Å². The van der Waals surface area contributed by atoms with E-state index in [-0.39, 0.29) is 24.4 Å². The van der Waals surface area contributed by atoms with Crippen LogP contribution in [0.15, 0.2) is 48.5 Å². The van der Waals surface area contributed by atoms with E-state index in [0.717, 1.165) is 11.3 Å². The molecule has 6 nitrogen and oxygen atoms in total. The van der Waals surface area contributed by atoms with Crippen molar-refractivity contribution in [2.45, 2.75) is 51.2 Å². The van der Waals surface area contributed by atoms with E-state index in [2.05, 4.69) is 0 Å². The summed E-state index contributed by atoms with van der Waals surface area (Å²) in [5.74, 6) is 1.06. The van der Waals surface area contributed by atoms with Gasteiger partial charge in [0.05, 0.1) is 25.9 Å². The number of benzene rings is 2. The third-order valence-electron chi connectivity index (χ3n) is 5.18. The summed E-state index contributed by atoms with van der Waals surface area (Å²) in [5, 5.41) is 10.6. The van der Waals surface area contributed by atoms with Gasteiger partial charge in [-0.05, 0) is 69.2 Å². The maximum absolute atomic E-state index is 12.9. The highest BCUT2D eigenvalue weighted by atomic mass is 19.1. The Morgan fingerprint density at radius 3 is 2.12 bits per heavy atom. The van der Waals surface area contributed by atoms with Gasteiger partial charge < -0.3 is 24.2 Å². The lowest BCUT2D eigenvalue weighted by molar-refractivity contribution is -0.00152. The number of likely N-dealkylation sites (tertiary alicyclic amines) is 1. The topological polar surface area (TPSA) is 68.2 Å². The van der Waals surface area contributed by atoms with Crippen LogP contribution in [0.5, 0.6) is 11.5 Å². The maximum Gasteiger partial charge on any atom is 0.410 e.